The predicted molar refractivity (Wildman–Crippen MR) is 104 cm³/mol. The number of Topliss-reactive ketones (excluding diaryl/α,β-unsaturated/α-hetero) is 2. The van der Waals surface area contributed by atoms with E-state index in [9.17, 15) is 24.7 Å². The number of fused-ring (bicyclic) bond motifs is 3. The predicted octanol–water partition coefficient (Wildman–Crippen LogP) is 1.55. The average molecular weight is 390 g/mol. The molecule has 0 aromatic heterocycles. The Kier molecular flexibility index (Phi) is 5.38. The van der Waals surface area contributed by atoms with Crippen molar-refractivity contribution in [3.63, 3.8) is 0 Å². The third-order valence-electron chi connectivity index (χ3n) is 6.89. The van der Waals surface area contributed by atoms with Gasteiger partial charge in [-0.15, -0.1) is 0 Å². The lowest BCUT2D eigenvalue weighted by Crippen LogP contribution is -2.66. The van der Waals surface area contributed by atoms with Crippen LogP contribution in [0.25, 0.3) is 0 Å². The van der Waals surface area contributed by atoms with E-state index in [0.29, 0.717) is 41.9 Å². The Morgan fingerprint density at radius 3 is 2.29 bits per heavy atom. The molecule has 3 saturated heterocycles. The zero-order valence-electron chi connectivity index (χ0n) is 17.1. The largest absolute Gasteiger partial charge is 0.633 e. The van der Waals surface area contributed by atoms with Crippen molar-refractivity contribution in [1.29, 1.82) is 0 Å². The zero-order valence-corrected chi connectivity index (χ0v) is 17.1. The van der Waals surface area contributed by atoms with Crippen molar-refractivity contribution in [3.05, 3.63) is 27.5 Å². The van der Waals surface area contributed by atoms with Crippen LogP contribution in [0.3, 0.4) is 0 Å². The van der Waals surface area contributed by atoms with Crippen molar-refractivity contribution in [2.45, 2.75) is 65.0 Å². The van der Waals surface area contributed by atoms with Crippen LogP contribution in [0.5, 0.6) is 0 Å². The summed E-state index contributed by atoms with van der Waals surface area (Å²) < 4.78 is -0.267. The summed E-state index contributed by atoms with van der Waals surface area (Å²) in [5.41, 5.74) is -0.0488. The fraction of sp³-hybridized carbons (Fsp3) is 0.667. The fourth-order valence-electron chi connectivity index (χ4n) is 4.58. The van der Waals surface area contributed by atoms with E-state index in [2.05, 4.69) is 5.32 Å². The molecule has 0 saturated carbocycles. The van der Waals surface area contributed by atoms with Gasteiger partial charge in [-0.2, -0.15) is 0 Å². The summed E-state index contributed by atoms with van der Waals surface area (Å²) in [5.74, 6) is -0.588. The molecule has 28 heavy (non-hydrogen) atoms. The highest BCUT2D eigenvalue weighted by molar-refractivity contribution is 6.24. The number of nitrogens with zero attached hydrogens (tertiary/aromatic N) is 1. The van der Waals surface area contributed by atoms with Gasteiger partial charge in [-0.25, -0.2) is 0 Å². The molecule has 154 valence electrons. The van der Waals surface area contributed by atoms with E-state index in [0.717, 1.165) is 12.8 Å². The maximum atomic E-state index is 12.7. The molecule has 2 atom stereocenters. The normalized spacial score (nSPS) is 32.6. The molecule has 3 aliphatic heterocycles. The Labute approximate surface area is 165 Å². The lowest BCUT2D eigenvalue weighted by molar-refractivity contribution is -0.898. The lowest BCUT2D eigenvalue weighted by atomic mass is 9.81. The smallest absolute Gasteiger partial charge is 0.252 e. The van der Waals surface area contributed by atoms with Crippen molar-refractivity contribution < 1.29 is 24.1 Å². The number of piperidine rings is 3. The molecule has 1 aliphatic carbocycles. The lowest BCUT2D eigenvalue weighted by Gasteiger charge is -2.55. The highest BCUT2D eigenvalue weighted by Gasteiger charge is 2.44. The molecule has 3 heterocycles. The third kappa shape index (κ3) is 3.71. The van der Waals surface area contributed by atoms with Crippen LogP contribution in [0.4, 0.5) is 0 Å². The average Bonchev–Trinajstić information content (AvgIpc) is 2.64. The van der Waals surface area contributed by atoms with Crippen LogP contribution < -0.4 is 5.32 Å². The number of carbonyl (C=O) groups excluding carboxylic acids is 3. The number of allylic oxidation sites excluding steroid dienone is 4. The van der Waals surface area contributed by atoms with E-state index < -0.39 is 11.5 Å². The van der Waals surface area contributed by atoms with Crippen LogP contribution in [0.2, 0.25) is 0 Å². The molecule has 0 radical (unpaired) electrons. The number of ketones is 2. The SMILES string of the molecule is CC1=C(C)C(=O)C(CC[C@](C)(O)C(=O)N[C@H]2C[N+]3([O-])CCC2CC3)=C(C)C1=O. The summed E-state index contributed by atoms with van der Waals surface area (Å²) in [7, 11) is 0. The summed E-state index contributed by atoms with van der Waals surface area (Å²) in [6, 6.07) is -0.217. The van der Waals surface area contributed by atoms with Crippen LogP contribution in [0.15, 0.2) is 22.3 Å². The molecular formula is C21H30N2O5. The van der Waals surface area contributed by atoms with Crippen LogP contribution in [0, 0.1) is 11.1 Å². The Hall–Kier alpha value is -1.83. The molecule has 3 fully saturated rings. The number of amides is 1. The maximum Gasteiger partial charge on any atom is 0.252 e. The maximum absolute atomic E-state index is 12.7. The van der Waals surface area contributed by atoms with Gasteiger partial charge in [0.05, 0.1) is 25.7 Å². The van der Waals surface area contributed by atoms with Gasteiger partial charge in [0.2, 0.25) is 0 Å². The van der Waals surface area contributed by atoms with Crippen molar-refractivity contribution in [2.75, 3.05) is 19.6 Å². The van der Waals surface area contributed by atoms with Gasteiger partial charge in [-0.3, -0.25) is 14.4 Å². The van der Waals surface area contributed by atoms with Crippen LogP contribution >= 0.6 is 0 Å². The molecule has 2 bridgehead atoms. The minimum atomic E-state index is -1.68. The van der Waals surface area contributed by atoms with Crippen LogP contribution in [-0.2, 0) is 14.4 Å². The Balaban J connectivity index is 1.65. The second-order valence-electron chi connectivity index (χ2n) is 8.89. The molecule has 2 N–H and O–H groups in total. The fourth-order valence-corrected chi connectivity index (χ4v) is 4.58. The molecule has 0 aromatic carbocycles. The second kappa shape index (κ2) is 7.21. The Morgan fingerprint density at radius 2 is 1.71 bits per heavy atom. The van der Waals surface area contributed by atoms with Crippen molar-refractivity contribution in [3.8, 4) is 0 Å². The Bertz CT molecular complexity index is 785. The molecule has 0 spiro atoms. The summed E-state index contributed by atoms with van der Waals surface area (Å²) in [4.78, 5) is 37.5. The number of hydrogen-bond acceptors (Lipinski definition) is 5. The van der Waals surface area contributed by atoms with Gasteiger partial charge < -0.3 is 20.3 Å². The number of carbonyl (C=O) groups is 3. The van der Waals surface area contributed by atoms with E-state index in [4.69, 9.17) is 0 Å². The van der Waals surface area contributed by atoms with Crippen molar-refractivity contribution in [2.24, 2.45) is 5.92 Å². The van der Waals surface area contributed by atoms with Gasteiger partial charge >= 0.3 is 0 Å². The van der Waals surface area contributed by atoms with Gasteiger partial charge in [-0.05, 0) is 46.5 Å². The zero-order chi connectivity index (χ0) is 20.9. The van der Waals surface area contributed by atoms with Gasteiger partial charge in [0.15, 0.2) is 11.6 Å². The molecule has 7 nitrogen and oxygen atoms in total. The van der Waals surface area contributed by atoms with Crippen LogP contribution in [0.1, 0.15) is 53.4 Å². The standard InChI is InChI=1S/C21H30N2O5/c1-12-13(2)19(25)16(14(3)18(12)24)5-8-21(4,27)20(26)22-17-11-23(28)9-6-15(17)7-10-23/h15,17,27H,5-11H2,1-4H3,(H,22,26)/t15?,17-,21-,23?/m0/s1. The van der Waals surface area contributed by atoms with E-state index >= 15 is 0 Å². The number of hydroxylamine groups is 3. The number of aliphatic hydroxyl groups is 1. The molecule has 4 aliphatic rings. The van der Waals surface area contributed by atoms with Gasteiger partial charge in [0, 0.05) is 35.1 Å². The Morgan fingerprint density at radius 1 is 1.14 bits per heavy atom. The quantitative estimate of drug-likeness (QED) is 0.421. The summed E-state index contributed by atoms with van der Waals surface area (Å²) in [5, 5.41) is 26.1. The van der Waals surface area contributed by atoms with E-state index in [1.165, 1.54) is 6.92 Å². The number of rotatable bonds is 5. The van der Waals surface area contributed by atoms with E-state index in [1.54, 1.807) is 20.8 Å². The first-order chi connectivity index (χ1) is 12.9. The van der Waals surface area contributed by atoms with Gasteiger partial charge in [-0.1, -0.05) is 0 Å². The minimum absolute atomic E-state index is 0.0333. The number of quaternary nitrogens is 1. The third-order valence-corrected chi connectivity index (χ3v) is 6.89. The first-order valence-corrected chi connectivity index (χ1v) is 10.0. The molecule has 0 unspecified atom stereocenters. The van der Waals surface area contributed by atoms with Crippen molar-refractivity contribution >= 4 is 17.5 Å². The molecule has 7 heteroatoms. The second-order valence-corrected chi connectivity index (χ2v) is 8.89. The topological polar surface area (TPSA) is 107 Å². The highest BCUT2D eigenvalue weighted by atomic mass is 16.5. The molecule has 1 amide bonds. The molecule has 0 aromatic rings. The van der Waals surface area contributed by atoms with Gasteiger partial charge in [0.25, 0.3) is 5.91 Å². The monoisotopic (exact) mass is 390 g/mol. The van der Waals surface area contributed by atoms with Crippen LogP contribution in [-0.4, -0.2) is 58.5 Å². The summed E-state index contributed by atoms with van der Waals surface area (Å²) in [6.07, 6.45) is 1.78. The summed E-state index contributed by atoms with van der Waals surface area (Å²) >= 11 is 0. The number of hydrogen-bond donors (Lipinski definition) is 2. The van der Waals surface area contributed by atoms with E-state index in [-0.39, 0.29) is 41.0 Å². The number of nitrogens with one attached hydrogen (secondary N) is 1. The first kappa shape index (κ1) is 20.9. The minimum Gasteiger partial charge on any atom is -0.633 e. The van der Waals surface area contributed by atoms with Gasteiger partial charge in [0.1, 0.15) is 5.60 Å². The highest BCUT2D eigenvalue weighted by Crippen LogP contribution is 2.34. The van der Waals surface area contributed by atoms with E-state index in [1.807, 2.05) is 0 Å². The first-order valence-electron chi connectivity index (χ1n) is 10.0. The molecular weight excluding hydrogens is 360 g/mol. The molecule has 4 rings (SSSR count). The van der Waals surface area contributed by atoms with Crippen molar-refractivity contribution in [1.82, 2.24) is 5.32 Å². The summed E-state index contributed by atoms with van der Waals surface area (Å²) in [6.45, 7) is 7.86.